The molecule has 0 unspecified atom stereocenters. The van der Waals surface area contributed by atoms with Gasteiger partial charge in [0.1, 0.15) is 13.9 Å². The molecule has 17 heavy (non-hydrogen) atoms. The largest absolute Gasteiger partial charge is 0.400 e. The average Bonchev–Trinajstić information content (AvgIpc) is 2.32. The van der Waals surface area contributed by atoms with E-state index in [1.165, 1.54) is 4.57 Å². The number of anilines is 1. The van der Waals surface area contributed by atoms with E-state index in [0.29, 0.717) is 6.54 Å². The average molecular weight is 257 g/mol. The van der Waals surface area contributed by atoms with Crippen molar-refractivity contribution >= 4 is 13.9 Å². The SMILES string of the molecule is C[Si](CO)(CO)CCCn1ccc(N)nc1=O. The van der Waals surface area contributed by atoms with Gasteiger partial charge in [0.2, 0.25) is 0 Å². The van der Waals surface area contributed by atoms with Crippen LogP contribution in [0.25, 0.3) is 0 Å². The Labute approximate surface area is 101 Å². The second-order valence-electron chi connectivity index (χ2n) is 4.56. The fraction of sp³-hybridized carbons (Fsp3) is 0.600. The Hall–Kier alpha value is -1.18. The fourth-order valence-electron chi connectivity index (χ4n) is 1.50. The summed E-state index contributed by atoms with van der Waals surface area (Å²) in [5.74, 6) is 0.219. The summed E-state index contributed by atoms with van der Waals surface area (Å²) in [5.41, 5.74) is 5.02. The highest BCUT2D eigenvalue weighted by Gasteiger charge is 2.24. The fourth-order valence-corrected chi connectivity index (χ4v) is 2.92. The molecule has 6 nitrogen and oxygen atoms in total. The summed E-state index contributed by atoms with van der Waals surface area (Å²) in [6, 6.07) is 2.35. The number of nitrogens with two attached hydrogens (primary N) is 1. The summed E-state index contributed by atoms with van der Waals surface area (Å²) in [6.45, 7) is 2.48. The molecular formula is C10H19N3O3Si. The maximum Gasteiger partial charge on any atom is 0.349 e. The van der Waals surface area contributed by atoms with Crippen molar-refractivity contribution in [2.45, 2.75) is 25.6 Å². The molecule has 0 bridgehead atoms. The first-order chi connectivity index (χ1) is 8.00. The number of aliphatic hydroxyl groups is 2. The molecule has 1 aromatic rings. The van der Waals surface area contributed by atoms with E-state index >= 15 is 0 Å². The minimum Gasteiger partial charge on any atom is -0.400 e. The first kappa shape index (κ1) is 13.9. The zero-order valence-electron chi connectivity index (χ0n) is 9.96. The number of hydrogen-bond acceptors (Lipinski definition) is 5. The second-order valence-corrected chi connectivity index (χ2v) is 9.31. The second kappa shape index (κ2) is 5.94. The highest BCUT2D eigenvalue weighted by Crippen LogP contribution is 2.11. The Morgan fingerprint density at radius 1 is 1.47 bits per heavy atom. The Morgan fingerprint density at radius 3 is 2.65 bits per heavy atom. The van der Waals surface area contributed by atoms with E-state index in [9.17, 15) is 15.0 Å². The van der Waals surface area contributed by atoms with Crippen molar-refractivity contribution in [1.29, 1.82) is 0 Å². The van der Waals surface area contributed by atoms with E-state index in [0.717, 1.165) is 12.5 Å². The molecule has 0 saturated heterocycles. The molecule has 0 amide bonds. The van der Waals surface area contributed by atoms with Gasteiger partial charge in [-0.15, -0.1) is 0 Å². The zero-order valence-corrected chi connectivity index (χ0v) is 11.0. The summed E-state index contributed by atoms with van der Waals surface area (Å²) in [4.78, 5) is 15.0. The molecule has 0 aliphatic carbocycles. The highest BCUT2D eigenvalue weighted by molar-refractivity contribution is 6.78. The van der Waals surface area contributed by atoms with Gasteiger partial charge in [-0.3, -0.25) is 4.57 Å². The molecule has 1 heterocycles. The number of rotatable bonds is 6. The van der Waals surface area contributed by atoms with Crippen molar-refractivity contribution in [2.75, 3.05) is 18.2 Å². The molecule has 0 saturated carbocycles. The molecule has 1 aromatic heterocycles. The summed E-state index contributed by atoms with van der Waals surface area (Å²) in [7, 11) is -1.93. The van der Waals surface area contributed by atoms with Crippen LogP contribution in [0.5, 0.6) is 0 Å². The van der Waals surface area contributed by atoms with Gasteiger partial charge >= 0.3 is 5.69 Å². The Kier molecular flexibility index (Phi) is 4.85. The van der Waals surface area contributed by atoms with Gasteiger partial charge < -0.3 is 15.9 Å². The van der Waals surface area contributed by atoms with Crippen LogP contribution in [0.4, 0.5) is 5.82 Å². The first-order valence-corrected chi connectivity index (χ1v) is 8.67. The minimum atomic E-state index is -1.93. The lowest BCUT2D eigenvalue weighted by molar-refractivity contribution is 0.320. The molecule has 7 heteroatoms. The van der Waals surface area contributed by atoms with Gasteiger partial charge in [0.15, 0.2) is 0 Å². The zero-order chi connectivity index (χ0) is 12.9. The van der Waals surface area contributed by atoms with Crippen LogP contribution in [-0.4, -0.2) is 40.3 Å². The van der Waals surface area contributed by atoms with Gasteiger partial charge in [0, 0.05) is 25.2 Å². The van der Waals surface area contributed by atoms with Crippen molar-refractivity contribution in [3.8, 4) is 0 Å². The third-order valence-electron chi connectivity index (χ3n) is 2.84. The van der Waals surface area contributed by atoms with Gasteiger partial charge in [-0.05, 0) is 12.5 Å². The quantitative estimate of drug-likeness (QED) is 0.588. The van der Waals surface area contributed by atoms with E-state index in [1.807, 2.05) is 6.55 Å². The van der Waals surface area contributed by atoms with E-state index in [-0.39, 0.29) is 24.0 Å². The van der Waals surface area contributed by atoms with Crippen LogP contribution in [0, 0.1) is 0 Å². The number of nitrogen functional groups attached to an aromatic ring is 1. The molecule has 0 radical (unpaired) electrons. The molecule has 0 aromatic carbocycles. The molecule has 0 aliphatic heterocycles. The molecule has 0 aliphatic rings. The number of aromatic nitrogens is 2. The molecule has 0 fully saturated rings. The summed E-state index contributed by atoms with van der Waals surface area (Å²) < 4.78 is 1.49. The summed E-state index contributed by atoms with van der Waals surface area (Å²) in [6.07, 6.45) is 2.49. The number of nitrogens with zero attached hydrogens (tertiary/aromatic N) is 2. The molecule has 4 N–H and O–H groups in total. The Balaban J connectivity index is 2.54. The summed E-state index contributed by atoms with van der Waals surface area (Å²) >= 11 is 0. The van der Waals surface area contributed by atoms with Crippen LogP contribution < -0.4 is 11.4 Å². The van der Waals surface area contributed by atoms with Crippen molar-refractivity contribution in [2.24, 2.45) is 0 Å². The smallest absolute Gasteiger partial charge is 0.349 e. The lowest BCUT2D eigenvalue weighted by atomic mass is 10.4. The number of aliphatic hydroxyl groups excluding tert-OH is 2. The molecule has 96 valence electrons. The van der Waals surface area contributed by atoms with Crippen molar-refractivity contribution in [3.05, 3.63) is 22.7 Å². The maximum atomic E-state index is 11.4. The monoisotopic (exact) mass is 257 g/mol. The van der Waals surface area contributed by atoms with Crippen molar-refractivity contribution < 1.29 is 10.2 Å². The molecular weight excluding hydrogens is 238 g/mol. The Bertz CT molecular complexity index is 418. The van der Waals surface area contributed by atoms with Crippen LogP contribution in [0.15, 0.2) is 17.1 Å². The predicted molar refractivity (Wildman–Crippen MR) is 68.1 cm³/mol. The lowest BCUT2D eigenvalue weighted by Gasteiger charge is -2.21. The topological polar surface area (TPSA) is 101 Å². The van der Waals surface area contributed by atoms with Crippen molar-refractivity contribution in [1.82, 2.24) is 9.55 Å². The Morgan fingerprint density at radius 2 is 2.12 bits per heavy atom. The third kappa shape index (κ3) is 3.95. The van der Waals surface area contributed by atoms with Crippen LogP contribution in [0.2, 0.25) is 12.6 Å². The lowest BCUT2D eigenvalue weighted by Crippen LogP contribution is -2.40. The van der Waals surface area contributed by atoms with Gasteiger partial charge in [0.25, 0.3) is 0 Å². The maximum absolute atomic E-state index is 11.4. The molecule has 0 atom stereocenters. The van der Waals surface area contributed by atoms with E-state index in [4.69, 9.17) is 5.73 Å². The van der Waals surface area contributed by atoms with Crippen LogP contribution in [-0.2, 0) is 6.54 Å². The summed E-state index contributed by atoms with van der Waals surface area (Å²) in [5, 5.41) is 18.4. The van der Waals surface area contributed by atoms with Crippen LogP contribution in [0.3, 0.4) is 0 Å². The van der Waals surface area contributed by atoms with E-state index in [2.05, 4.69) is 4.98 Å². The predicted octanol–water partition coefficient (Wildman–Crippen LogP) is -0.643. The van der Waals surface area contributed by atoms with Crippen LogP contribution in [0.1, 0.15) is 6.42 Å². The van der Waals surface area contributed by atoms with Gasteiger partial charge in [-0.2, -0.15) is 4.98 Å². The minimum absolute atomic E-state index is 0.0678. The van der Waals surface area contributed by atoms with Crippen LogP contribution >= 0.6 is 0 Å². The van der Waals surface area contributed by atoms with Gasteiger partial charge in [0.05, 0.1) is 0 Å². The standard InChI is InChI=1S/C10H19N3O3Si/c1-17(7-14,8-15)6-2-4-13-5-3-9(11)12-10(13)16/h3,5,14-15H,2,4,6-8H2,1H3,(H2,11,12,16). The first-order valence-electron chi connectivity index (χ1n) is 5.55. The third-order valence-corrected chi connectivity index (χ3v) is 5.93. The number of aryl methyl sites for hydroxylation is 1. The van der Waals surface area contributed by atoms with Gasteiger partial charge in [-0.25, -0.2) is 4.79 Å². The van der Waals surface area contributed by atoms with Gasteiger partial charge in [-0.1, -0.05) is 12.6 Å². The highest BCUT2D eigenvalue weighted by atomic mass is 28.3. The molecule has 1 rings (SSSR count). The van der Waals surface area contributed by atoms with E-state index < -0.39 is 8.07 Å². The van der Waals surface area contributed by atoms with Crippen molar-refractivity contribution in [3.63, 3.8) is 0 Å². The number of hydrogen-bond donors (Lipinski definition) is 3. The molecule has 0 spiro atoms. The normalized spacial score (nSPS) is 11.7. The van der Waals surface area contributed by atoms with E-state index in [1.54, 1.807) is 12.3 Å².